The molecule has 0 aliphatic carbocycles. The Morgan fingerprint density at radius 1 is 1.86 bits per heavy atom. The smallest absolute Gasteiger partial charge is 0.266 e. The summed E-state index contributed by atoms with van der Waals surface area (Å²) in [6.07, 6.45) is 0. The maximum absolute atomic E-state index is 10.2. The van der Waals surface area contributed by atoms with E-state index in [4.69, 9.17) is 0 Å². The van der Waals surface area contributed by atoms with Gasteiger partial charge in [-0.1, -0.05) is 0 Å². The van der Waals surface area contributed by atoms with E-state index in [-0.39, 0.29) is 5.91 Å². The average molecular weight is 97.1 g/mol. The Labute approximate surface area is 41.4 Å². The maximum atomic E-state index is 10.2. The third kappa shape index (κ3) is 0.765. The van der Waals surface area contributed by atoms with Crippen LogP contribution in [0.2, 0.25) is 0 Å². The van der Waals surface area contributed by atoms with Gasteiger partial charge in [0.25, 0.3) is 5.91 Å². The normalized spacial score (nSPS) is 19.0. The molecule has 0 aromatic heterocycles. The number of aliphatic imine (C=N–C) groups is 1. The molecular weight excluding hydrogens is 92.1 g/mol. The summed E-state index contributed by atoms with van der Waals surface area (Å²) in [6, 6.07) is 0. The van der Waals surface area contributed by atoms with Crippen LogP contribution in [0.3, 0.4) is 0 Å². The Bertz CT molecular complexity index is 128. The van der Waals surface area contributed by atoms with Crippen LogP contribution in [0.5, 0.6) is 0 Å². The average Bonchev–Trinajstić information content (AvgIpc) is 1.87. The van der Waals surface area contributed by atoms with Crippen molar-refractivity contribution < 1.29 is 4.79 Å². The molecule has 0 aromatic rings. The summed E-state index contributed by atoms with van der Waals surface area (Å²) >= 11 is 0. The van der Waals surface area contributed by atoms with Gasteiger partial charge in [0.15, 0.2) is 0 Å². The fourth-order valence-electron chi connectivity index (χ4n) is 0.407. The highest BCUT2D eigenvalue weighted by atomic mass is 16.1. The minimum absolute atomic E-state index is 0.134. The van der Waals surface area contributed by atoms with Crippen molar-refractivity contribution in [2.45, 2.75) is 0 Å². The summed E-state index contributed by atoms with van der Waals surface area (Å²) in [4.78, 5) is 13.6. The van der Waals surface area contributed by atoms with Gasteiger partial charge in [0, 0.05) is 6.92 Å². The fourth-order valence-corrected chi connectivity index (χ4v) is 0.407. The number of amidine groups is 1. The Morgan fingerprint density at radius 2 is 2.57 bits per heavy atom. The predicted octanol–water partition coefficient (Wildman–Crippen LogP) is -0.651. The molecule has 1 amide bonds. The number of rotatable bonds is 0. The Hall–Kier alpha value is -0.860. The molecule has 3 heteroatoms. The first-order valence-corrected chi connectivity index (χ1v) is 1.96. The maximum Gasteiger partial charge on any atom is 0.266 e. The van der Waals surface area contributed by atoms with Gasteiger partial charge in [-0.05, 0) is 0 Å². The van der Waals surface area contributed by atoms with Crippen LogP contribution in [-0.4, -0.2) is 18.3 Å². The number of amides is 1. The number of nitrogens with one attached hydrogen (secondary N) is 1. The van der Waals surface area contributed by atoms with Crippen molar-refractivity contribution in [1.29, 1.82) is 0 Å². The number of carbonyl (C=O) groups excluding carboxylic acids is 1. The lowest BCUT2D eigenvalue weighted by atomic mass is 10.6. The van der Waals surface area contributed by atoms with Crippen molar-refractivity contribution in [3.05, 3.63) is 6.92 Å². The third-order valence-corrected chi connectivity index (χ3v) is 0.703. The quantitative estimate of drug-likeness (QED) is 0.436. The van der Waals surface area contributed by atoms with E-state index >= 15 is 0 Å². The van der Waals surface area contributed by atoms with Gasteiger partial charge < -0.3 is 5.32 Å². The summed E-state index contributed by atoms with van der Waals surface area (Å²) in [5, 5.41) is 2.66. The van der Waals surface area contributed by atoms with E-state index in [0.717, 1.165) is 0 Å². The van der Waals surface area contributed by atoms with Crippen molar-refractivity contribution in [2.24, 2.45) is 4.99 Å². The predicted molar refractivity (Wildman–Crippen MR) is 25.8 cm³/mol. The highest BCUT2D eigenvalue weighted by molar-refractivity contribution is 6.03. The lowest BCUT2D eigenvalue weighted by Crippen LogP contribution is -2.16. The van der Waals surface area contributed by atoms with Gasteiger partial charge in [-0.2, -0.15) is 4.99 Å². The van der Waals surface area contributed by atoms with E-state index in [9.17, 15) is 4.79 Å². The van der Waals surface area contributed by atoms with Gasteiger partial charge in [0.05, 0.1) is 6.54 Å². The fraction of sp³-hybridized carbons (Fsp3) is 0.250. The van der Waals surface area contributed by atoms with Crippen molar-refractivity contribution in [2.75, 3.05) is 6.54 Å². The van der Waals surface area contributed by atoms with Crippen molar-refractivity contribution in [3.8, 4) is 0 Å². The molecule has 0 spiro atoms. The lowest BCUT2D eigenvalue weighted by Gasteiger charge is -1.83. The minimum atomic E-state index is -0.134. The molecule has 1 N–H and O–H groups in total. The van der Waals surface area contributed by atoms with Gasteiger partial charge >= 0.3 is 0 Å². The van der Waals surface area contributed by atoms with Crippen LogP contribution in [0.25, 0.3) is 0 Å². The van der Waals surface area contributed by atoms with Crippen LogP contribution in [0.1, 0.15) is 0 Å². The zero-order valence-electron chi connectivity index (χ0n) is 3.77. The summed E-state index contributed by atoms with van der Waals surface area (Å²) in [6.45, 7) is 3.72. The van der Waals surface area contributed by atoms with Crippen molar-refractivity contribution in [1.82, 2.24) is 5.32 Å². The van der Waals surface area contributed by atoms with Crippen LogP contribution in [-0.2, 0) is 4.79 Å². The summed E-state index contributed by atoms with van der Waals surface area (Å²) < 4.78 is 0. The van der Waals surface area contributed by atoms with E-state index in [1.807, 2.05) is 0 Å². The Balaban J connectivity index is 2.67. The first kappa shape index (κ1) is 4.30. The second-order valence-corrected chi connectivity index (χ2v) is 1.31. The zero-order valence-corrected chi connectivity index (χ0v) is 3.77. The molecule has 1 aliphatic rings. The number of carbonyl (C=O) groups is 1. The van der Waals surface area contributed by atoms with Crippen molar-refractivity contribution >= 4 is 11.7 Å². The van der Waals surface area contributed by atoms with E-state index in [2.05, 4.69) is 17.2 Å². The molecule has 1 radical (unpaired) electrons. The summed E-state index contributed by atoms with van der Waals surface area (Å²) in [5.41, 5.74) is 0. The largest absolute Gasteiger partial charge is 0.364 e. The molecule has 0 saturated carbocycles. The topological polar surface area (TPSA) is 41.5 Å². The molecule has 0 bridgehead atoms. The molecule has 0 atom stereocenters. The summed E-state index contributed by atoms with van der Waals surface area (Å²) in [5.74, 6) is 0.343. The first-order valence-electron chi connectivity index (χ1n) is 1.96. The van der Waals surface area contributed by atoms with Crippen LogP contribution < -0.4 is 5.32 Å². The number of hydrogen-bond acceptors (Lipinski definition) is 2. The van der Waals surface area contributed by atoms with E-state index in [0.29, 0.717) is 12.4 Å². The van der Waals surface area contributed by atoms with E-state index < -0.39 is 0 Å². The number of hydrogen-bond donors (Lipinski definition) is 1. The van der Waals surface area contributed by atoms with Gasteiger partial charge in [-0.3, -0.25) is 4.79 Å². The third-order valence-electron chi connectivity index (χ3n) is 0.703. The molecule has 0 unspecified atom stereocenters. The van der Waals surface area contributed by atoms with Crippen LogP contribution >= 0.6 is 0 Å². The zero-order chi connectivity index (χ0) is 5.28. The first-order chi connectivity index (χ1) is 3.29. The Kier molecular flexibility index (Phi) is 0.817. The molecule has 7 heavy (non-hydrogen) atoms. The molecule has 37 valence electrons. The monoisotopic (exact) mass is 97.0 g/mol. The van der Waals surface area contributed by atoms with Crippen LogP contribution in [0, 0.1) is 6.92 Å². The molecule has 0 aromatic carbocycles. The number of nitrogens with zero attached hydrogens (tertiary/aromatic N) is 1. The molecule has 3 nitrogen and oxygen atoms in total. The van der Waals surface area contributed by atoms with E-state index in [1.165, 1.54) is 0 Å². The SMILES string of the molecule is [CH2]C1=NC(=O)CN1. The lowest BCUT2D eigenvalue weighted by molar-refractivity contribution is -0.116. The van der Waals surface area contributed by atoms with Crippen LogP contribution in [0.4, 0.5) is 0 Å². The highest BCUT2D eigenvalue weighted by Gasteiger charge is 2.06. The molecule has 0 fully saturated rings. The second-order valence-electron chi connectivity index (χ2n) is 1.31. The van der Waals surface area contributed by atoms with Gasteiger partial charge in [-0.15, -0.1) is 0 Å². The minimum Gasteiger partial charge on any atom is -0.364 e. The van der Waals surface area contributed by atoms with Gasteiger partial charge in [0.2, 0.25) is 0 Å². The molecule has 1 heterocycles. The van der Waals surface area contributed by atoms with Gasteiger partial charge in [-0.25, -0.2) is 0 Å². The Morgan fingerprint density at radius 3 is 2.71 bits per heavy atom. The van der Waals surface area contributed by atoms with Gasteiger partial charge in [0.1, 0.15) is 5.84 Å². The summed E-state index contributed by atoms with van der Waals surface area (Å²) in [7, 11) is 0. The van der Waals surface area contributed by atoms with E-state index in [1.54, 1.807) is 0 Å². The molecule has 1 rings (SSSR count). The highest BCUT2D eigenvalue weighted by Crippen LogP contribution is 1.82. The molecular formula is C4H5N2O. The molecule has 1 aliphatic heterocycles. The molecule has 0 saturated heterocycles. The standard InChI is InChI=1S/C4H5N2O/c1-3-5-2-4(7)6-3/h1-2H2,(H,5,6,7). The van der Waals surface area contributed by atoms with Crippen molar-refractivity contribution in [3.63, 3.8) is 0 Å². The second kappa shape index (κ2) is 1.33. The van der Waals surface area contributed by atoms with Crippen LogP contribution in [0.15, 0.2) is 4.99 Å².